The molecule has 0 fully saturated rings. The number of hydrogen-bond donors (Lipinski definition) is 4. The monoisotopic (exact) mass is 1360 g/mol. The number of rotatable bonds is 28. The molecule has 524 valence electrons. The lowest BCUT2D eigenvalue weighted by atomic mass is 9.67. The van der Waals surface area contributed by atoms with E-state index in [2.05, 4.69) is 218 Å². The van der Waals surface area contributed by atoms with Gasteiger partial charge < -0.3 is 58.3 Å². The van der Waals surface area contributed by atoms with Gasteiger partial charge in [-0.2, -0.15) is 0 Å². The summed E-state index contributed by atoms with van der Waals surface area (Å²) in [5, 5.41) is 47.1. The number of fused-ring (bicyclic) bond motifs is 10. The van der Waals surface area contributed by atoms with Gasteiger partial charge in [0.2, 0.25) is 0 Å². The summed E-state index contributed by atoms with van der Waals surface area (Å²) in [6, 6.07) is 87.3. The molecule has 2 aliphatic rings. The molecule has 12 heteroatoms. The third-order valence-electron chi connectivity index (χ3n) is 19.3. The second-order valence-electron chi connectivity index (χ2n) is 27.8. The Bertz CT molecular complexity index is 4270. The van der Waals surface area contributed by atoms with Gasteiger partial charge in [0.05, 0.1) is 86.1 Å². The Labute approximate surface area is 598 Å². The van der Waals surface area contributed by atoms with E-state index in [9.17, 15) is 20.4 Å². The molecule has 8 atom stereocenters. The summed E-state index contributed by atoms with van der Waals surface area (Å²) >= 11 is 0. The minimum Gasteiger partial charge on any atom is -0.491 e. The number of hydrogen-bond acceptors (Lipinski definition) is 12. The van der Waals surface area contributed by atoms with Gasteiger partial charge in [0, 0.05) is 0 Å². The van der Waals surface area contributed by atoms with E-state index in [1.54, 1.807) is 27.7 Å². The largest absolute Gasteiger partial charge is 0.491 e. The average Bonchev–Trinajstić information content (AvgIpc) is 1.53. The van der Waals surface area contributed by atoms with Gasteiger partial charge in [-0.3, -0.25) is 0 Å². The van der Waals surface area contributed by atoms with Crippen LogP contribution in [0.15, 0.2) is 243 Å². The summed E-state index contributed by atoms with van der Waals surface area (Å²) in [6.07, 6.45) is -2.56. The number of aliphatic hydroxyl groups excluding tert-OH is 4. The zero-order chi connectivity index (χ0) is 71.1. The zero-order valence-corrected chi connectivity index (χ0v) is 59.4. The Balaban J connectivity index is 0.000000182. The molecular weight excluding hydrogens is 1270 g/mol. The molecule has 2 aliphatic carbocycles. The fourth-order valence-electron chi connectivity index (χ4n) is 14.5. The van der Waals surface area contributed by atoms with Crippen LogP contribution in [0.2, 0.25) is 0 Å². The predicted molar refractivity (Wildman–Crippen MR) is 408 cm³/mol. The SMILES string of the molecule is CC(O)COC(C)COc1ccc2cc(C3(c4ccc5cc(OCC(C)OCC(C)O)ccc5c4)c4ccccc4-c4ccccc43)ccc2c1.CC(O)COC(C)COc1ccc2cc(C3(c4ccc5cc(OCC(C)OCC(C)O)ccc5c4)c4ccccc4-c4ccccc43)ccc2c1. The molecule has 0 aliphatic heterocycles. The smallest absolute Gasteiger partial charge is 0.120 e. The first-order valence-electron chi connectivity index (χ1n) is 35.7. The molecule has 14 rings (SSSR count). The third kappa shape index (κ3) is 15.2. The lowest BCUT2D eigenvalue weighted by Gasteiger charge is -2.34. The maximum atomic E-state index is 9.54. The highest BCUT2D eigenvalue weighted by atomic mass is 16.6. The van der Waals surface area contributed by atoms with Crippen molar-refractivity contribution in [3.63, 3.8) is 0 Å². The van der Waals surface area contributed by atoms with Crippen molar-refractivity contribution < 1.29 is 58.3 Å². The van der Waals surface area contributed by atoms with Gasteiger partial charge in [-0.15, -0.1) is 0 Å². The van der Waals surface area contributed by atoms with E-state index in [-0.39, 0.29) is 50.8 Å². The molecule has 0 amide bonds. The van der Waals surface area contributed by atoms with Crippen LogP contribution in [0.25, 0.3) is 65.3 Å². The first-order chi connectivity index (χ1) is 49.4. The Morgan fingerprint density at radius 3 is 0.647 bits per heavy atom. The lowest BCUT2D eigenvalue weighted by molar-refractivity contribution is -0.0132. The highest BCUT2D eigenvalue weighted by Gasteiger charge is 2.48. The van der Waals surface area contributed by atoms with Crippen LogP contribution < -0.4 is 18.9 Å². The highest BCUT2D eigenvalue weighted by molar-refractivity contribution is 5.94. The lowest BCUT2D eigenvalue weighted by Crippen LogP contribution is -2.28. The van der Waals surface area contributed by atoms with Crippen LogP contribution in [0.4, 0.5) is 0 Å². The second-order valence-corrected chi connectivity index (χ2v) is 27.8. The van der Waals surface area contributed by atoms with Crippen LogP contribution in [0.1, 0.15) is 99.9 Å². The standard InChI is InChI=1S/2C45H46O6/c2*1-29(46)25-48-31(3)27-50-39-19-15-33-21-37(17-13-35(33)23-39)45(43-11-7-5-9-41(43)42-10-6-8-12-44(42)45)38-18-14-36-24-40(20-16-34(36)22-38)51-28-32(4)49-26-30(2)47/h2*5-24,29-32,46-47H,25-28H2,1-4H3. The molecule has 0 heterocycles. The summed E-state index contributed by atoms with van der Waals surface area (Å²) in [4.78, 5) is 0. The van der Waals surface area contributed by atoms with E-state index in [0.717, 1.165) is 66.1 Å². The van der Waals surface area contributed by atoms with Gasteiger partial charge >= 0.3 is 0 Å². The van der Waals surface area contributed by atoms with E-state index in [1.165, 1.54) is 66.8 Å². The van der Waals surface area contributed by atoms with Crippen LogP contribution in [0.3, 0.4) is 0 Å². The summed E-state index contributed by atoms with van der Waals surface area (Å²) in [7, 11) is 0. The van der Waals surface area contributed by atoms with Crippen molar-refractivity contribution in [2.45, 2.75) is 115 Å². The molecule has 8 unspecified atom stereocenters. The average molecular weight is 1370 g/mol. The number of ether oxygens (including phenoxy) is 8. The van der Waals surface area contributed by atoms with E-state index in [1.807, 2.05) is 52.0 Å². The second kappa shape index (κ2) is 31.4. The normalized spacial score (nSPS) is 15.6. The maximum absolute atomic E-state index is 9.54. The molecule has 0 bridgehead atoms. The Morgan fingerprint density at radius 2 is 0.431 bits per heavy atom. The molecule has 0 saturated carbocycles. The van der Waals surface area contributed by atoms with E-state index >= 15 is 0 Å². The predicted octanol–water partition coefficient (Wildman–Crippen LogP) is 17.4. The summed E-state index contributed by atoms with van der Waals surface area (Å²) < 4.78 is 47.0. The molecule has 102 heavy (non-hydrogen) atoms. The molecule has 0 aromatic heterocycles. The zero-order valence-electron chi connectivity index (χ0n) is 59.4. The van der Waals surface area contributed by atoms with Crippen LogP contribution in [-0.2, 0) is 29.8 Å². The molecule has 4 N–H and O–H groups in total. The van der Waals surface area contributed by atoms with Crippen LogP contribution in [0.5, 0.6) is 23.0 Å². The van der Waals surface area contributed by atoms with Gasteiger partial charge in [-0.1, -0.05) is 170 Å². The van der Waals surface area contributed by atoms with Crippen molar-refractivity contribution in [1.29, 1.82) is 0 Å². The molecule has 12 aromatic rings. The quantitative estimate of drug-likeness (QED) is 0.0369. The van der Waals surface area contributed by atoms with E-state index < -0.39 is 35.2 Å². The van der Waals surface area contributed by atoms with Crippen LogP contribution >= 0.6 is 0 Å². The Kier molecular flexibility index (Phi) is 21.9. The Morgan fingerprint density at radius 1 is 0.235 bits per heavy atom. The van der Waals surface area contributed by atoms with Gasteiger partial charge in [-0.05, 0) is 238 Å². The van der Waals surface area contributed by atoms with Crippen molar-refractivity contribution in [2.75, 3.05) is 52.9 Å². The molecule has 0 radical (unpaired) electrons. The van der Waals surface area contributed by atoms with Crippen molar-refractivity contribution in [2.24, 2.45) is 0 Å². The first-order valence-corrected chi connectivity index (χ1v) is 35.7. The van der Waals surface area contributed by atoms with Crippen molar-refractivity contribution in [3.05, 3.63) is 287 Å². The van der Waals surface area contributed by atoms with Crippen molar-refractivity contribution in [3.8, 4) is 45.3 Å². The van der Waals surface area contributed by atoms with Gasteiger partial charge in [0.1, 0.15) is 49.4 Å². The Hall–Kier alpha value is -9.44. The minimum absolute atomic E-state index is 0.134. The van der Waals surface area contributed by atoms with Gasteiger partial charge in [0.15, 0.2) is 0 Å². The summed E-state index contributed by atoms with van der Waals surface area (Å²) in [5.74, 6) is 3.14. The van der Waals surface area contributed by atoms with Crippen LogP contribution in [-0.4, -0.2) is 122 Å². The first kappa shape index (κ1) is 71.0. The summed E-state index contributed by atoms with van der Waals surface area (Å²) in [6.45, 7) is 17.4. The molecule has 12 nitrogen and oxygen atoms in total. The van der Waals surface area contributed by atoms with Crippen LogP contribution in [0, 0.1) is 0 Å². The fourth-order valence-corrected chi connectivity index (χ4v) is 14.5. The summed E-state index contributed by atoms with van der Waals surface area (Å²) in [5.41, 5.74) is 13.8. The highest BCUT2D eigenvalue weighted by Crippen LogP contribution is 2.58. The third-order valence-corrected chi connectivity index (χ3v) is 19.3. The van der Waals surface area contributed by atoms with Crippen molar-refractivity contribution in [1.82, 2.24) is 0 Å². The molecular formula is C90H92O12. The molecule has 12 aromatic carbocycles. The molecule has 0 saturated heterocycles. The number of benzene rings is 12. The van der Waals surface area contributed by atoms with Gasteiger partial charge in [0.25, 0.3) is 0 Å². The maximum Gasteiger partial charge on any atom is 0.120 e. The van der Waals surface area contributed by atoms with E-state index in [0.29, 0.717) is 26.4 Å². The molecule has 0 spiro atoms. The van der Waals surface area contributed by atoms with E-state index in [4.69, 9.17) is 37.9 Å². The van der Waals surface area contributed by atoms with Crippen molar-refractivity contribution >= 4 is 43.1 Å². The van der Waals surface area contributed by atoms with Gasteiger partial charge in [-0.25, -0.2) is 0 Å². The minimum atomic E-state index is -0.535. The number of aliphatic hydroxyl groups is 4. The topological polar surface area (TPSA) is 155 Å². The fraction of sp³-hybridized carbons (Fsp3) is 0.289.